The van der Waals surface area contributed by atoms with Crippen molar-refractivity contribution in [1.82, 2.24) is 5.32 Å². The molecule has 6 heteroatoms. The van der Waals surface area contributed by atoms with Crippen LogP contribution in [0, 0.1) is 0 Å². The number of sulfone groups is 1. The molecule has 0 saturated carbocycles. The Morgan fingerprint density at radius 3 is 2.95 bits per heavy atom. The summed E-state index contributed by atoms with van der Waals surface area (Å²) in [7, 11) is -2.91. The predicted molar refractivity (Wildman–Crippen MR) is 76.7 cm³/mol. The maximum absolute atomic E-state index is 11.4. The van der Waals surface area contributed by atoms with Crippen LogP contribution in [-0.2, 0) is 22.8 Å². The lowest BCUT2D eigenvalue weighted by Crippen LogP contribution is -2.23. The first-order valence-electron chi connectivity index (χ1n) is 6.37. The summed E-state index contributed by atoms with van der Waals surface area (Å²) in [6.07, 6.45) is 0.882. The third-order valence-electron chi connectivity index (χ3n) is 3.17. The van der Waals surface area contributed by atoms with Crippen LogP contribution in [0.3, 0.4) is 0 Å². The molecule has 4 nitrogen and oxygen atoms in total. The molecule has 1 aliphatic rings. The summed E-state index contributed by atoms with van der Waals surface area (Å²) in [6.45, 7) is 3.36. The Labute approximate surface area is 119 Å². The first kappa shape index (κ1) is 14.6. The molecule has 19 heavy (non-hydrogen) atoms. The molecule has 0 saturated heterocycles. The van der Waals surface area contributed by atoms with Crippen molar-refractivity contribution in [3.63, 3.8) is 0 Å². The minimum atomic E-state index is -2.91. The van der Waals surface area contributed by atoms with E-state index in [9.17, 15) is 8.42 Å². The zero-order chi connectivity index (χ0) is 13.9. The van der Waals surface area contributed by atoms with Crippen LogP contribution in [-0.4, -0.2) is 33.1 Å². The quantitative estimate of drug-likeness (QED) is 0.814. The molecular weight excluding hydrogens is 286 g/mol. The number of hydrogen-bond donors (Lipinski definition) is 1. The minimum Gasteiger partial charge on any atom is -0.493 e. The molecule has 2 rings (SSSR count). The number of halogens is 1. The lowest BCUT2D eigenvalue weighted by molar-refractivity contribution is 0.352. The second-order valence-electron chi connectivity index (χ2n) is 4.56. The van der Waals surface area contributed by atoms with E-state index in [0.717, 1.165) is 23.3 Å². The summed E-state index contributed by atoms with van der Waals surface area (Å²) in [5.41, 5.74) is 2.12. The summed E-state index contributed by atoms with van der Waals surface area (Å²) >= 11 is 6.06. The van der Waals surface area contributed by atoms with Gasteiger partial charge in [-0.2, -0.15) is 0 Å². The Bertz CT molecular complexity index is 557. The van der Waals surface area contributed by atoms with Crippen molar-refractivity contribution < 1.29 is 13.2 Å². The van der Waals surface area contributed by atoms with Crippen LogP contribution in [0.4, 0.5) is 0 Å². The van der Waals surface area contributed by atoms with Gasteiger partial charge in [0, 0.05) is 35.8 Å². The molecule has 0 unspecified atom stereocenters. The highest BCUT2D eigenvalue weighted by Gasteiger charge is 2.17. The second-order valence-corrected chi connectivity index (χ2v) is 7.47. The van der Waals surface area contributed by atoms with E-state index >= 15 is 0 Å². The minimum absolute atomic E-state index is 0.160. The zero-order valence-corrected chi connectivity index (χ0v) is 12.5. The number of nitrogens with one attached hydrogen (secondary N) is 1. The maximum atomic E-state index is 11.4. The molecule has 1 aromatic carbocycles. The average molecular weight is 304 g/mol. The fourth-order valence-corrected chi connectivity index (χ4v) is 3.08. The molecular formula is C13H18ClNO3S. The number of hydrogen-bond acceptors (Lipinski definition) is 4. The molecule has 1 aliphatic heterocycles. The molecule has 0 fully saturated rings. The summed E-state index contributed by atoms with van der Waals surface area (Å²) < 4.78 is 28.3. The average Bonchev–Trinajstić information content (AvgIpc) is 2.82. The first-order valence-corrected chi connectivity index (χ1v) is 8.57. The fourth-order valence-electron chi connectivity index (χ4n) is 2.07. The van der Waals surface area contributed by atoms with Crippen LogP contribution in [0.2, 0.25) is 5.02 Å². The molecule has 106 valence electrons. The summed E-state index contributed by atoms with van der Waals surface area (Å²) in [5.74, 6) is 1.24. The van der Waals surface area contributed by atoms with E-state index in [4.69, 9.17) is 16.3 Å². The van der Waals surface area contributed by atoms with E-state index in [-0.39, 0.29) is 11.5 Å². The van der Waals surface area contributed by atoms with E-state index in [2.05, 4.69) is 5.32 Å². The maximum Gasteiger partial charge on any atom is 0.151 e. The largest absolute Gasteiger partial charge is 0.493 e. The second kappa shape index (κ2) is 6.11. The van der Waals surface area contributed by atoms with Gasteiger partial charge in [0.1, 0.15) is 5.75 Å². The standard InChI is InChI=1S/C13H18ClNO3S/c1-2-19(16,17)6-4-15-9-11-8-12(14)7-10-3-5-18-13(10)11/h7-8,15H,2-6,9H2,1H3. The van der Waals surface area contributed by atoms with E-state index < -0.39 is 9.84 Å². The Kier molecular flexibility index (Phi) is 4.71. The highest BCUT2D eigenvalue weighted by atomic mass is 35.5. The van der Waals surface area contributed by atoms with E-state index in [0.29, 0.717) is 24.7 Å². The summed E-state index contributed by atoms with van der Waals surface area (Å²) in [4.78, 5) is 0. The lowest BCUT2D eigenvalue weighted by Gasteiger charge is -2.10. The van der Waals surface area contributed by atoms with Crippen molar-refractivity contribution in [3.8, 4) is 5.75 Å². The van der Waals surface area contributed by atoms with Gasteiger partial charge >= 0.3 is 0 Å². The van der Waals surface area contributed by atoms with E-state index in [1.807, 2.05) is 12.1 Å². The van der Waals surface area contributed by atoms with Crippen molar-refractivity contribution in [2.45, 2.75) is 19.9 Å². The van der Waals surface area contributed by atoms with Gasteiger partial charge in [-0.3, -0.25) is 0 Å². The van der Waals surface area contributed by atoms with Gasteiger partial charge in [0.05, 0.1) is 12.4 Å². The summed E-state index contributed by atoms with van der Waals surface area (Å²) in [6, 6.07) is 3.79. The number of benzene rings is 1. The van der Waals surface area contributed by atoms with Crippen LogP contribution >= 0.6 is 11.6 Å². The Hall–Kier alpha value is -0.780. The SMILES string of the molecule is CCS(=O)(=O)CCNCc1cc(Cl)cc2c1OCC2. The van der Waals surface area contributed by atoms with Crippen molar-refractivity contribution in [1.29, 1.82) is 0 Å². The number of fused-ring (bicyclic) bond motifs is 1. The number of ether oxygens (including phenoxy) is 1. The molecule has 1 aromatic rings. The van der Waals surface area contributed by atoms with Gasteiger partial charge in [0.15, 0.2) is 9.84 Å². The first-order chi connectivity index (χ1) is 9.02. The molecule has 0 aromatic heterocycles. The highest BCUT2D eigenvalue weighted by molar-refractivity contribution is 7.91. The van der Waals surface area contributed by atoms with Crippen molar-refractivity contribution >= 4 is 21.4 Å². The molecule has 0 spiro atoms. The van der Waals surface area contributed by atoms with Gasteiger partial charge in [-0.25, -0.2) is 8.42 Å². The van der Waals surface area contributed by atoms with E-state index in [1.165, 1.54) is 0 Å². The van der Waals surface area contributed by atoms with Gasteiger partial charge < -0.3 is 10.1 Å². The normalized spacial score (nSPS) is 14.2. The van der Waals surface area contributed by atoms with Crippen molar-refractivity contribution in [2.24, 2.45) is 0 Å². The zero-order valence-electron chi connectivity index (χ0n) is 10.9. The molecule has 0 amide bonds. The lowest BCUT2D eigenvalue weighted by atomic mass is 10.1. The molecule has 0 aliphatic carbocycles. The Morgan fingerprint density at radius 1 is 1.42 bits per heavy atom. The highest BCUT2D eigenvalue weighted by Crippen LogP contribution is 2.32. The van der Waals surface area contributed by atoms with Gasteiger partial charge in [-0.05, 0) is 17.7 Å². The monoisotopic (exact) mass is 303 g/mol. The van der Waals surface area contributed by atoms with Gasteiger partial charge in [-0.15, -0.1) is 0 Å². The topological polar surface area (TPSA) is 55.4 Å². The fraction of sp³-hybridized carbons (Fsp3) is 0.538. The predicted octanol–water partition coefficient (Wildman–Crippen LogP) is 1.80. The molecule has 0 radical (unpaired) electrons. The van der Waals surface area contributed by atoms with Gasteiger partial charge in [0.2, 0.25) is 0 Å². The third kappa shape index (κ3) is 3.84. The molecule has 0 bridgehead atoms. The van der Waals surface area contributed by atoms with Crippen LogP contribution in [0.15, 0.2) is 12.1 Å². The number of rotatable bonds is 6. The Morgan fingerprint density at radius 2 is 2.21 bits per heavy atom. The smallest absolute Gasteiger partial charge is 0.151 e. The molecule has 1 heterocycles. The van der Waals surface area contributed by atoms with Crippen LogP contribution in [0.1, 0.15) is 18.1 Å². The van der Waals surface area contributed by atoms with Crippen molar-refractivity contribution in [3.05, 3.63) is 28.3 Å². The molecule has 1 N–H and O–H groups in total. The van der Waals surface area contributed by atoms with Crippen LogP contribution in [0.25, 0.3) is 0 Å². The third-order valence-corrected chi connectivity index (χ3v) is 5.09. The summed E-state index contributed by atoms with van der Waals surface area (Å²) in [5, 5.41) is 3.83. The van der Waals surface area contributed by atoms with Gasteiger partial charge in [-0.1, -0.05) is 18.5 Å². The van der Waals surface area contributed by atoms with E-state index in [1.54, 1.807) is 6.92 Å². The van der Waals surface area contributed by atoms with Crippen molar-refractivity contribution in [2.75, 3.05) is 24.7 Å². The molecule has 0 atom stereocenters. The van der Waals surface area contributed by atoms with Crippen LogP contribution in [0.5, 0.6) is 5.75 Å². The Balaban J connectivity index is 1.94. The van der Waals surface area contributed by atoms with Crippen LogP contribution < -0.4 is 10.1 Å². The van der Waals surface area contributed by atoms with Gasteiger partial charge in [0.25, 0.3) is 0 Å².